The number of carbonyl (C=O) groups is 1. The van der Waals surface area contributed by atoms with Crippen LogP contribution in [0.1, 0.15) is 29.3 Å². The third-order valence-electron chi connectivity index (χ3n) is 3.00. The number of hydrogen-bond donors (Lipinski definition) is 2. The van der Waals surface area contributed by atoms with Crippen molar-refractivity contribution in [1.29, 1.82) is 0 Å². The minimum absolute atomic E-state index is 0.119. The normalized spacial score (nSPS) is 10.2. The van der Waals surface area contributed by atoms with Gasteiger partial charge in [0.2, 0.25) is 0 Å². The standard InChI is InChI=1S/C16H18ClN3O/c1-2-8-19-15-11-18-9-7-14(15)16(21)20-10-12-3-5-13(17)6-4-12/h3-7,9,11,19H,2,8,10H2,1H3,(H,20,21). The summed E-state index contributed by atoms with van der Waals surface area (Å²) >= 11 is 5.84. The zero-order valence-corrected chi connectivity index (χ0v) is 12.7. The summed E-state index contributed by atoms with van der Waals surface area (Å²) in [4.78, 5) is 16.3. The van der Waals surface area contributed by atoms with E-state index in [2.05, 4.69) is 22.5 Å². The lowest BCUT2D eigenvalue weighted by molar-refractivity contribution is 0.0951. The van der Waals surface area contributed by atoms with Crippen molar-refractivity contribution in [3.8, 4) is 0 Å². The molecule has 1 aromatic carbocycles. The zero-order valence-electron chi connectivity index (χ0n) is 11.9. The van der Waals surface area contributed by atoms with Crippen LogP contribution in [0.5, 0.6) is 0 Å². The van der Waals surface area contributed by atoms with Crippen LogP contribution < -0.4 is 10.6 Å². The van der Waals surface area contributed by atoms with E-state index in [9.17, 15) is 4.79 Å². The topological polar surface area (TPSA) is 54.0 Å². The molecule has 0 atom stereocenters. The zero-order chi connectivity index (χ0) is 15.1. The lowest BCUT2D eigenvalue weighted by atomic mass is 10.2. The van der Waals surface area contributed by atoms with Crippen LogP contribution in [0, 0.1) is 0 Å². The highest BCUT2D eigenvalue weighted by Gasteiger charge is 2.10. The first-order valence-electron chi connectivity index (χ1n) is 6.91. The molecule has 0 saturated carbocycles. The van der Waals surface area contributed by atoms with Crippen molar-refractivity contribution in [3.05, 3.63) is 58.9 Å². The molecule has 2 rings (SSSR count). The molecule has 0 saturated heterocycles. The van der Waals surface area contributed by atoms with E-state index in [1.165, 1.54) is 0 Å². The predicted octanol–water partition coefficient (Wildman–Crippen LogP) is 3.49. The van der Waals surface area contributed by atoms with Gasteiger partial charge in [0.1, 0.15) is 0 Å². The van der Waals surface area contributed by atoms with Gasteiger partial charge >= 0.3 is 0 Å². The van der Waals surface area contributed by atoms with Gasteiger partial charge in [-0.2, -0.15) is 0 Å². The Morgan fingerprint density at radius 1 is 1.24 bits per heavy atom. The molecule has 0 bridgehead atoms. The molecule has 0 aliphatic heterocycles. The van der Waals surface area contributed by atoms with Crippen molar-refractivity contribution in [2.45, 2.75) is 19.9 Å². The largest absolute Gasteiger partial charge is 0.383 e. The van der Waals surface area contributed by atoms with Crippen molar-refractivity contribution in [3.63, 3.8) is 0 Å². The summed E-state index contributed by atoms with van der Waals surface area (Å²) in [5, 5.41) is 6.80. The first-order chi connectivity index (χ1) is 10.2. The molecular formula is C16H18ClN3O. The summed E-state index contributed by atoms with van der Waals surface area (Å²) in [5.41, 5.74) is 2.37. The molecule has 0 aliphatic rings. The predicted molar refractivity (Wildman–Crippen MR) is 85.6 cm³/mol. The third-order valence-corrected chi connectivity index (χ3v) is 3.25. The number of aromatic nitrogens is 1. The van der Waals surface area contributed by atoms with Crippen LogP contribution in [0.15, 0.2) is 42.7 Å². The Morgan fingerprint density at radius 2 is 2.00 bits per heavy atom. The Bertz CT molecular complexity index is 599. The molecule has 5 heteroatoms. The Kier molecular flexibility index (Phi) is 5.58. The minimum atomic E-state index is -0.119. The number of carbonyl (C=O) groups excluding carboxylic acids is 1. The lowest BCUT2D eigenvalue weighted by Crippen LogP contribution is -2.24. The summed E-state index contributed by atoms with van der Waals surface area (Å²) in [6.45, 7) is 3.35. The number of benzene rings is 1. The van der Waals surface area contributed by atoms with Crippen LogP contribution in [0.3, 0.4) is 0 Å². The van der Waals surface area contributed by atoms with Gasteiger partial charge in [-0.05, 0) is 30.2 Å². The molecule has 1 heterocycles. The van der Waals surface area contributed by atoms with Crippen molar-refractivity contribution < 1.29 is 4.79 Å². The minimum Gasteiger partial charge on any atom is -0.383 e. The van der Waals surface area contributed by atoms with Crippen molar-refractivity contribution in [2.24, 2.45) is 0 Å². The Labute approximate surface area is 129 Å². The van der Waals surface area contributed by atoms with Gasteiger partial charge in [0.15, 0.2) is 0 Å². The molecule has 0 unspecified atom stereocenters. The third kappa shape index (κ3) is 4.46. The molecule has 110 valence electrons. The number of nitrogens with zero attached hydrogens (tertiary/aromatic N) is 1. The number of halogens is 1. The molecular weight excluding hydrogens is 286 g/mol. The first kappa shape index (κ1) is 15.3. The van der Waals surface area contributed by atoms with Crippen LogP contribution in [0.25, 0.3) is 0 Å². The first-order valence-corrected chi connectivity index (χ1v) is 7.29. The van der Waals surface area contributed by atoms with Gasteiger partial charge in [-0.25, -0.2) is 0 Å². The van der Waals surface area contributed by atoms with E-state index < -0.39 is 0 Å². The number of anilines is 1. The molecule has 0 fully saturated rings. The summed E-state index contributed by atoms with van der Waals surface area (Å²) in [7, 11) is 0. The fraction of sp³-hybridized carbons (Fsp3) is 0.250. The maximum atomic E-state index is 12.3. The summed E-state index contributed by atoms with van der Waals surface area (Å²) < 4.78 is 0. The van der Waals surface area contributed by atoms with E-state index >= 15 is 0 Å². The van der Waals surface area contributed by atoms with Gasteiger partial charge in [0, 0.05) is 24.3 Å². The van der Waals surface area contributed by atoms with Crippen molar-refractivity contribution >= 4 is 23.2 Å². The lowest BCUT2D eigenvalue weighted by Gasteiger charge is -2.11. The van der Waals surface area contributed by atoms with Crippen LogP contribution >= 0.6 is 11.6 Å². The molecule has 2 N–H and O–H groups in total. The fourth-order valence-corrected chi connectivity index (χ4v) is 2.00. The highest BCUT2D eigenvalue weighted by Crippen LogP contribution is 2.14. The number of nitrogens with one attached hydrogen (secondary N) is 2. The molecule has 0 radical (unpaired) electrons. The van der Waals surface area contributed by atoms with Crippen LogP contribution in [0.2, 0.25) is 5.02 Å². The van der Waals surface area contributed by atoms with E-state index in [0.29, 0.717) is 17.1 Å². The average Bonchev–Trinajstić information content (AvgIpc) is 2.52. The van der Waals surface area contributed by atoms with Crippen molar-refractivity contribution in [1.82, 2.24) is 10.3 Å². The molecule has 4 nitrogen and oxygen atoms in total. The fourth-order valence-electron chi connectivity index (χ4n) is 1.87. The highest BCUT2D eigenvalue weighted by molar-refractivity contribution is 6.30. The van der Waals surface area contributed by atoms with E-state index in [1.807, 2.05) is 24.3 Å². The Morgan fingerprint density at radius 3 is 2.71 bits per heavy atom. The second-order valence-corrected chi connectivity index (χ2v) is 5.09. The Balaban J connectivity index is 2.01. The van der Waals surface area contributed by atoms with Crippen LogP contribution in [0.4, 0.5) is 5.69 Å². The molecule has 0 aliphatic carbocycles. The van der Waals surface area contributed by atoms with Gasteiger partial charge in [-0.1, -0.05) is 30.7 Å². The highest BCUT2D eigenvalue weighted by atomic mass is 35.5. The van der Waals surface area contributed by atoms with Crippen molar-refractivity contribution in [2.75, 3.05) is 11.9 Å². The van der Waals surface area contributed by atoms with E-state index in [4.69, 9.17) is 11.6 Å². The number of amides is 1. The van der Waals surface area contributed by atoms with E-state index in [-0.39, 0.29) is 5.91 Å². The second-order valence-electron chi connectivity index (χ2n) is 4.66. The van der Waals surface area contributed by atoms with Gasteiger partial charge in [-0.15, -0.1) is 0 Å². The van der Waals surface area contributed by atoms with Gasteiger partial charge in [0.05, 0.1) is 17.4 Å². The van der Waals surface area contributed by atoms with E-state index in [0.717, 1.165) is 24.2 Å². The van der Waals surface area contributed by atoms with E-state index in [1.54, 1.807) is 18.5 Å². The molecule has 0 spiro atoms. The maximum absolute atomic E-state index is 12.3. The molecule has 1 amide bonds. The number of pyridine rings is 1. The van der Waals surface area contributed by atoms with Crippen LogP contribution in [-0.4, -0.2) is 17.4 Å². The van der Waals surface area contributed by atoms with Crippen LogP contribution in [-0.2, 0) is 6.54 Å². The van der Waals surface area contributed by atoms with Gasteiger partial charge < -0.3 is 10.6 Å². The molecule has 21 heavy (non-hydrogen) atoms. The molecule has 2 aromatic rings. The quantitative estimate of drug-likeness (QED) is 0.859. The number of rotatable bonds is 6. The van der Waals surface area contributed by atoms with Gasteiger partial charge in [0.25, 0.3) is 5.91 Å². The maximum Gasteiger partial charge on any atom is 0.253 e. The summed E-state index contributed by atoms with van der Waals surface area (Å²) in [5.74, 6) is -0.119. The average molecular weight is 304 g/mol. The molecule has 1 aromatic heterocycles. The van der Waals surface area contributed by atoms with Gasteiger partial charge in [-0.3, -0.25) is 9.78 Å². The second kappa shape index (κ2) is 7.64. The smallest absolute Gasteiger partial charge is 0.253 e. The number of hydrogen-bond acceptors (Lipinski definition) is 3. The summed E-state index contributed by atoms with van der Waals surface area (Å²) in [6.07, 6.45) is 4.28. The summed E-state index contributed by atoms with van der Waals surface area (Å²) in [6, 6.07) is 9.12. The Hall–Kier alpha value is -2.07. The monoisotopic (exact) mass is 303 g/mol. The SMILES string of the molecule is CCCNc1cnccc1C(=O)NCc1ccc(Cl)cc1.